The quantitative estimate of drug-likeness (QED) is 0.687. The van der Waals surface area contributed by atoms with Gasteiger partial charge in [0.15, 0.2) is 0 Å². The number of hydrogen-bond acceptors (Lipinski definition) is 5. The van der Waals surface area contributed by atoms with Gasteiger partial charge in [-0.15, -0.1) is 0 Å². The summed E-state index contributed by atoms with van der Waals surface area (Å²) in [6.07, 6.45) is 1.72. The third kappa shape index (κ3) is 3.49. The van der Waals surface area contributed by atoms with Gasteiger partial charge in [-0.2, -0.15) is 5.26 Å². The number of nitriles is 1. The molecule has 0 radical (unpaired) electrons. The molecule has 0 bridgehead atoms. The van der Waals surface area contributed by atoms with Crippen LogP contribution in [0.1, 0.15) is 33.1 Å². The first-order chi connectivity index (χ1) is 9.38. The number of ether oxygens (including phenoxy) is 1. The van der Waals surface area contributed by atoms with E-state index in [1.54, 1.807) is 13.8 Å². The lowest BCUT2D eigenvalue weighted by atomic mass is 10.1. The zero-order chi connectivity index (χ0) is 15.3. The molecule has 0 aromatic carbocycles. The highest BCUT2D eigenvalue weighted by Gasteiger charge is 2.44. The molecule has 114 valence electrons. The first-order valence-corrected chi connectivity index (χ1v) is 8.35. The van der Waals surface area contributed by atoms with E-state index in [1.807, 2.05) is 6.07 Å². The lowest BCUT2D eigenvalue weighted by Gasteiger charge is -2.27. The summed E-state index contributed by atoms with van der Waals surface area (Å²) in [7, 11) is -2.30. The molecule has 0 amide bonds. The fraction of sp³-hybridized carbons (Fsp3) is 0.846. The third-order valence-electron chi connectivity index (χ3n) is 3.75. The minimum atomic E-state index is -3.58. The minimum absolute atomic E-state index is 0.166. The van der Waals surface area contributed by atoms with Gasteiger partial charge in [0.2, 0.25) is 10.0 Å². The topological polar surface area (TPSA) is 87.5 Å². The second-order valence-electron chi connectivity index (χ2n) is 5.12. The molecule has 1 aliphatic carbocycles. The summed E-state index contributed by atoms with van der Waals surface area (Å²) in [5.41, 5.74) is 0. The largest absolute Gasteiger partial charge is 0.469 e. The monoisotopic (exact) mass is 302 g/mol. The van der Waals surface area contributed by atoms with E-state index in [0.717, 1.165) is 0 Å². The predicted octanol–water partition coefficient (Wildman–Crippen LogP) is 1.14. The van der Waals surface area contributed by atoms with Crippen LogP contribution in [0.2, 0.25) is 0 Å². The smallest absolute Gasteiger partial charge is 0.310 e. The van der Waals surface area contributed by atoms with Gasteiger partial charge in [-0.1, -0.05) is 13.3 Å². The molecular formula is C13H22N2O4S. The molecule has 3 atom stereocenters. The summed E-state index contributed by atoms with van der Waals surface area (Å²) in [4.78, 5) is 11.7. The molecule has 0 aromatic rings. The van der Waals surface area contributed by atoms with Crippen LogP contribution in [0, 0.1) is 23.2 Å². The van der Waals surface area contributed by atoms with E-state index in [0.29, 0.717) is 25.8 Å². The van der Waals surface area contributed by atoms with Crippen molar-refractivity contribution < 1.29 is 17.9 Å². The highest BCUT2D eigenvalue weighted by molar-refractivity contribution is 7.89. The third-order valence-corrected chi connectivity index (χ3v) is 6.21. The van der Waals surface area contributed by atoms with Gasteiger partial charge in [-0.25, -0.2) is 12.7 Å². The summed E-state index contributed by atoms with van der Waals surface area (Å²) in [6.45, 7) is 3.90. The molecule has 6 nitrogen and oxygen atoms in total. The maximum atomic E-state index is 12.7. The maximum Gasteiger partial charge on any atom is 0.310 e. The zero-order valence-corrected chi connectivity index (χ0v) is 13.0. The molecule has 1 rings (SSSR count). The van der Waals surface area contributed by atoms with Crippen molar-refractivity contribution in [3.05, 3.63) is 0 Å². The van der Waals surface area contributed by atoms with Gasteiger partial charge in [0.25, 0.3) is 0 Å². The molecule has 20 heavy (non-hydrogen) atoms. The van der Waals surface area contributed by atoms with Crippen LogP contribution in [-0.2, 0) is 19.6 Å². The molecule has 7 heteroatoms. The Morgan fingerprint density at radius 2 is 2.15 bits per heavy atom. The van der Waals surface area contributed by atoms with Crippen molar-refractivity contribution in [1.29, 1.82) is 5.26 Å². The van der Waals surface area contributed by atoms with Crippen molar-refractivity contribution in [3.8, 4) is 6.07 Å². The van der Waals surface area contributed by atoms with Crippen molar-refractivity contribution in [2.24, 2.45) is 11.8 Å². The Bertz CT molecular complexity index is 483. The van der Waals surface area contributed by atoms with Gasteiger partial charge < -0.3 is 4.74 Å². The van der Waals surface area contributed by atoms with E-state index < -0.39 is 27.2 Å². The number of nitrogens with zero attached hydrogens (tertiary/aromatic N) is 2. The van der Waals surface area contributed by atoms with Crippen molar-refractivity contribution in [2.45, 2.75) is 38.4 Å². The van der Waals surface area contributed by atoms with E-state index in [4.69, 9.17) is 10.00 Å². The highest BCUT2D eigenvalue weighted by atomic mass is 32.2. The Kier molecular flexibility index (Phi) is 5.96. The van der Waals surface area contributed by atoms with E-state index in [2.05, 4.69) is 0 Å². The van der Waals surface area contributed by atoms with Crippen LogP contribution in [0.3, 0.4) is 0 Å². The van der Waals surface area contributed by atoms with Gasteiger partial charge in [-0.3, -0.25) is 4.79 Å². The fourth-order valence-electron chi connectivity index (χ4n) is 2.65. The summed E-state index contributed by atoms with van der Waals surface area (Å²) in [5, 5.41) is 8.12. The van der Waals surface area contributed by atoms with Crippen LogP contribution in [0.5, 0.6) is 0 Å². The van der Waals surface area contributed by atoms with Crippen LogP contribution in [0.25, 0.3) is 0 Å². The number of esters is 1. The van der Waals surface area contributed by atoms with Crippen molar-refractivity contribution in [3.63, 3.8) is 0 Å². The van der Waals surface area contributed by atoms with Gasteiger partial charge >= 0.3 is 5.97 Å². The summed E-state index contributed by atoms with van der Waals surface area (Å²) < 4.78 is 31.3. The van der Waals surface area contributed by atoms with Gasteiger partial charge in [-0.05, 0) is 19.8 Å². The molecular weight excluding hydrogens is 280 g/mol. The van der Waals surface area contributed by atoms with E-state index >= 15 is 0 Å². The molecule has 0 heterocycles. The highest BCUT2D eigenvalue weighted by Crippen LogP contribution is 2.33. The molecule has 3 unspecified atom stereocenters. The summed E-state index contributed by atoms with van der Waals surface area (Å²) >= 11 is 0. The maximum absolute atomic E-state index is 12.7. The van der Waals surface area contributed by atoms with Crippen LogP contribution in [-0.4, -0.2) is 44.1 Å². The fourth-order valence-corrected chi connectivity index (χ4v) is 4.96. The van der Waals surface area contributed by atoms with Crippen LogP contribution >= 0.6 is 0 Å². The molecule has 0 spiro atoms. The van der Waals surface area contributed by atoms with Gasteiger partial charge in [0, 0.05) is 13.1 Å². The first-order valence-electron chi connectivity index (χ1n) is 6.84. The molecule has 0 aliphatic heterocycles. The van der Waals surface area contributed by atoms with Crippen LogP contribution in [0.4, 0.5) is 0 Å². The van der Waals surface area contributed by atoms with Crippen LogP contribution in [0.15, 0.2) is 0 Å². The number of carbonyl (C=O) groups excluding carboxylic acids is 1. The molecule has 0 aromatic heterocycles. The molecule has 0 saturated heterocycles. The normalized spacial score (nSPS) is 24.4. The average Bonchev–Trinajstić information content (AvgIpc) is 2.93. The Balaban J connectivity index is 2.96. The van der Waals surface area contributed by atoms with Crippen LogP contribution < -0.4 is 0 Å². The van der Waals surface area contributed by atoms with E-state index in [-0.39, 0.29) is 12.5 Å². The first kappa shape index (κ1) is 16.9. The molecule has 0 N–H and O–H groups in total. The van der Waals surface area contributed by atoms with Crippen molar-refractivity contribution >= 4 is 16.0 Å². The number of carbonyl (C=O) groups is 1. The number of sulfonamides is 1. The summed E-state index contributed by atoms with van der Waals surface area (Å²) in [5.74, 6) is -1.42. The molecule has 1 saturated carbocycles. The Morgan fingerprint density at radius 1 is 1.50 bits per heavy atom. The number of hydrogen-bond donors (Lipinski definition) is 0. The standard InChI is InChI=1S/C13H22N2O4S/c1-4-15(9-10(2)8-14)20(17,18)12-7-5-6-11(12)13(16)19-3/h10-12H,4-7,9H2,1-3H3. The van der Waals surface area contributed by atoms with E-state index in [1.165, 1.54) is 11.4 Å². The SMILES string of the molecule is CCN(CC(C)C#N)S(=O)(=O)C1CCCC1C(=O)OC. The second-order valence-corrected chi connectivity index (χ2v) is 7.28. The minimum Gasteiger partial charge on any atom is -0.469 e. The molecule has 1 aliphatic rings. The molecule has 1 fully saturated rings. The number of rotatable bonds is 6. The summed E-state index contributed by atoms with van der Waals surface area (Å²) in [6, 6.07) is 2.04. The van der Waals surface area contributed by atoms with Crippen molar-refractivity contribution in [1.82, 2.24) is 4.31 Å². The Labute approximate surface area is 120 Å². The Hall–Kier alpha value is -1.13. The lowest BCUT2D eigenvalue weighted by Crippen LogP contribution is -2.44. The predicted molar refractivity (Wildman–Crippen MR) is 74.1 cm³/mol. The number of methoxy groups -OCH3 is 1. The van der Waals surface area contributed by atoms with E-state index in [9.17, 15) is 13.2 Å². The Morgan fingerprint density at radius 3 is 2.65 bits per heavy atom. The second kappa shape index (κ2) is 7.04. The zero-order valence-electron chi connectivity index (χ0n) is 12.2. The van der Waals surface area contributed by atoms with Gasteiger partial charge in [0.1, 0.15) is 0 Å². The van der Waals surface area contributed by atoms with Gasteiger partial charge in [0.05, 0.1) is 30.3 Å². The van der Waals surface area contributed by atoms with Crippen molar-refractivity contribution in [2.75, 3.05) is 20.2 Å². The lowest BCUT2D eigenvalue weighted by molar-refractivity contribution is -0.145. The average molecular weight is 302 g/mol.